The lowest BCUT2D eigenvalue weighted by molar-refractivity contribution is 0.611. The maximum atomic E-state index is 12.7. The van der Waals surface area contributed by atoms with E-state index in [0.717, 1.165) is 0 Å². The SMILES string of the molecule is Fc1cc(C(Cl)Cl)cnc1Br. The molecule has 1 nitrogen and oxygen atoms in total. The van der Waals surface area contributed by atoms with Gasteiger partial charge in [0.05, 0.1) is 0 Å². The molecule has 1 rings (SSSR count). The van der Waals surface area contributed by atoms with E-state index in [2.05, 4.69) is 20.9 Å². The summed E-state index contributed by atoms with van der Waals surface area (Å²) in [6.07, 6.45) is 1.41. The van der Waals surface area contributed by atoms with E-state index in [9.17, 15) is 4.39 Å². The molecule has 0 aromatic carbocycles. The van der Waals surface area contributed by atoms with Crippen molar-refractivity contribution < 1.29 is 4.39 Å². The van der Waals surface area contributed by atoms with Gasteiger partial charge in [0, 0.05) is 11.8 Å². The van der Waals surface area contributed by atoms with Gasteiger partial charge in [-0.2, -0.15) is 0 Å². The second kappa shape index (κ2) is 3.70. The Hall–Kier alpha value is 0.140. The third-order valence-corrected chi connectivity index (χ3v) is 2.16. The molecule has 0 unspecified atom stereocenters. The van der Waals surface area contributed by atoms with Gasteiger partial charge in [0.2, 0.25) is 0 Å². The van der Waals surface area contributed by atoms with Crippen LogP contribution in [0.4, 0.5) is 4.39 Å². The van der Waals surface area contributed by atoms with Crippen LogP contribution in [0.2, 0.25) is 0 Å². The van der Waals surface area contributed by atoms with Gasteiger partial charge in [-0.3, -0.25) is 0 Å². The first-order valence-corrected chi connectivity index (χ1v) is 4.37. The largest absolute Gasteiger partial charge is 0.246 e. The zero-order chi connectivity index (χ0) is 8.43. The highest BCUT2D eigenvalue weighted by atomic mass is 79.9. The molecule has 60 valence electrons. The van der Waals surface area contributed by atoms with Crippen LogP contribution in [0.25, 0.3) is 0 Å². The number of aromatic nitrogens is 1. The number of halogens is 4. The summed E-state index contributed by atoms with van der Waals surface area (Å²) < 4.78 is 12.9. The van der Waals surface area contributed by atoms with Crippen molar-refractivity contribution in [1.29, 1.82) is 0 Å². The Bertz CT molecular complexity index is 267. The van der Waals surface area contributed by atoms with Crippen LogP contribution < -0.4 is 0 Å². The van der Waals surface area contributed by atoms with Crippen LogP contribution in [0.15, 0.2) is 16.9 Å². The van der Waals surface area contributed by atoms with Crippen molar-refractivity contribution in [2.75, 3.05) is 0 Å². The van der Waals surface area contributed by atoms with E-state index in [1.165, 1.54) is 12.3 Å². The Morgan fingerprint density at radius 2 is 2.18 bits per heavy atom. The number of rotatable bonds is 1. The molecule has 0 radical (unpaired) electrons. The summed E-state index contributed by atoms with van der Waals surface area (Å²) in [4.78, 5) is 2.94. The van der Waals surface area contributed by atoms with E-state index in [0.29, 0.717) is 5.56 Å². The third-order valence-electron chi connectivity index (χ3n) is 1.07. The third kappa shape index (κ3) is 2.29. The predicted molar refractivity (Wildman–Crippen MR) is 46.3 cm³/mol. The van der Waals surface area contributed by atoms with E-state index >= 15 is 0 Å². The van der Waals surface area contributed by atoms with Gasteiger partial charge in [0.1, 0.15) is 9.44 Å². The van der Waals surface area contributed by atoms with Crippen LogP contribution >= 0.6 is 39.1 Å². The highest BCUT2D eigenvalue weighted by Crippen LogP contribution is 2.25. The molecule has 0 N–H and O–H groups in total. The van der Waals surface area contributed by atoms with Crippen molar-refractivity contribution in [2.24, 2.45) is 0 Å². The summed E-state index contributed by atoms with van der Waals surface area (Å²) in [7, 11) is 0. The maximum Gasteiger partial charge on any atom is 0.156 e. The first kappa shape index (κ1) is 9.23. The van der Waals surface area contributed by atoms with Gasteiger partial charge in [0.15, 0.2) is 5.82 Å². The van der Waals surface area contributed by atoms with Crippen LogP contribution in [0.3, 0.4) is 0 Å². The number of nitrogens with zero attached hydrogens (tertiary/aromatic N) is 1. The summed E-state index contributed by atoms with van der Waals surface area (Å²) in [6, 6.07) is 1.24. The fraction of sp³-hybridized carbons (Fsp3) is 0.167. The quantitative estimate of drug-likeness (QED) is 0.555. The molecule has 0 aliphatic heterocycles. The lowest BCUT2D eigenvalue weighted by Crippen LogP contribution is -1.88. The number of hydrogen-bond donors (Lipinski definition) is 0. The van der Waals surface area contributed by atoms with Gasteiger partial charge in [0.25, 0.3) is 0 Å². The summed E-state index contributed by atoms with van der Waals surface area (Å²) in [5.41, 5.74) is 0.453. The molecule has 11 heavy (non-hydrogen) atoms. The molecule has 5 heteroatoms. The van der Waals surface area contributed by atoms with Crippen LogP contribution in [-0.4, -0.2) is 4.98 Å². The fourth-order valence-corrected chi connectivity index (χ4v) is 1.01. The summed E-state index contributed by atoms with van der Waals surface area (Å²) in [5, 5.41) is 0. The Morgan fingerprint density at radius 3 is 2.64 bits per heavy atom. The van der Waals surface area contributed by atoms with E-state index in [-0.39, 0.29) is 4.60 Å². The zero-order valence-corrected chi connectivity index (χ0v) is 8.29. The summed E-state index contributed by atoms with van der Waals surface area (Å²) in [5.74, 6) is -0.464. The van der Waals surface area contributed by atoms with Crippen molar-refractivity contribution in [2.45, 2.75) is 4.84 Å². The van der Waals surface area contributed by atoms with Crippen LogP contribution in [0, 0.1) is 5.82 Å². The van der Waals surface area contributed by atoms with Crippen molar-refractivity contribution in [3.63, 3.8) is 0 Å². The van der Waals surface area contributed by atoms with Gasteiger partial charge >= 0.3 is 0 Å². The Morgan fingerprint density at radius 1 is 1.55 bits per heavy atom. The molecule has 0 atom stereocenters. The minimum Gasteiger partial charge on any atom is -0.246 e. The fourth-order valence-electron chi connectivity index (χ4n) is 0.555. The first-order valence-electron chi connectivity index (χ1n) is 2.70. The van der Waals surface area contributed by atoms with E-state index < -0.39 is 10.7 Å². The van der Waals surface area contributed by atoms with Crippen molar-refractivity contribution in [3.05, 3.63) is 28.2 Å². The Labute approximate surface area is 81.7 Å². The smallest absolute Gasteiger partial charge is 0.156 e. The molecule has 0 saturated carbocycles. The molecular weight excluding hydrogens is 256 g/mol. The Balaban J connectivity index is 3.05. The molecule has 0 fully saturated rings. The molecule has 0 amide bonds. The van der Waals surface area contributed by atoms with Gasteiger partial charge in [-0.05, 0) is 22.0 Å². The number of hydrogen-bond acceptors (Lipinski definition) is 1. The molecule has 0 aliphatic rings. The van der Waals surface area contributed by atoms with E-state index in [1.54, 1.807) is 0 Å². The highest BCUT2D eigenvalue weighted by molar-refractivity contribution is 9.10. The van der Waals surface area contributed by atoms with Gasteiger partial charge in [-0.25, -0.2) is 9.37 Å². The van der Waals surface area contributed by atoms with Gasteiger partial charge in [-0.1, -0.05) is 0 Å². The van der Waals surface area contributed by atoms with Crippen LogP contribution in [0.1, 0.15) is 10.4 Å². The average Bonchev–Trinajstić information content (AvgIpc) is 1.94. The van der Waals surface area contributed by atoms with Gasteiger partial charge < -0.3 is 0 Å². The van der Waals surface area contributed by atoms with E-state index in [4.69, 9.17) is 23.2 Å². The monoisotopic (exact) mass is 257 g/mol. The number of pyridine rings is 1. The molecule has 0 spiro atoms. The maximum absolute atomic E-state index is 12.7. The van der Waals surface area contributed by atoms with Crippen LogP contribution in [0.5, 0.6) is 0 Å². The molecule has 1 heterocycles. The normalized spacial score (nSPS) is 10.6. The van der Waals surface area contributed by atoms with Gasteiger partial charge in [-0.15, -0.1) is 23.2 Å². The molecule has 1 aromatic heterocycles. The van der Waals surface area contributed by atoms with Crippen molar-refractivity contribution >= 4 is 39.1 Å². The zero-order valence-electron chi connectivity index (χ0n) is 5.19. The second-order valence-corrected chi connectivity index (χ2v) is 3.69. The minimum absolute atomic E-state index is 0.162. The molecule has 0 aliphatic carbocycles. The lowest BCUT2D eigenvalue weighted by Gasteiger charge is -2.00. The average molecular weight is 259 g/mol. The number of alkyl halides is 2. The predicted octanol–water partition coefficient (Wildman–Crippen LogP) is 3.46. The summed E-state index contributed by atoms with van der Waals surface area (Å²) in [6.45, 7) is 0. The first-order chi connectivity index (χ1) is 5.11. The Kier molecular flexibility index (Phi) is 3.10. The molecule has 0 saturated heterocycles. The minimum atomic E-state index is -0.731. The van der Waals surface area contributed by atoms with Crippen LogP contribution in [-0.2, 0) is 0 Å². The highest BCUT2D eigenvalue weighted by Gasteiger charge is 2.07. The molecule has 0 bridgehead atoms. The second-order valence-electron chi connectivity index (χ2n) is 1.84. The summed E-state index contributed by atoms with van der Waals surface area (Å²) >= 11 is 13.8. The van der Waals surface area contributed by atoms with E-state index in [1.807, 2.05) is 0 Å². The molecular formula is C6H3BrCl2FN. The van der Waals surface area contributed by atoms with Crippen molar-refractivity contribution in [3.8, 4) is 0 Å². The molecule has 1 aromatic rings. The van der Waals surface area contributed by atoms with Crippen molar-refractivity contribution in [1.82, 2.24) is 4.98 Å². The topological polar surface area (TPSA) is 12.9 Å². The standard InChI is InChI=1S/C6H3BrCl2FN/c7-5-4(10)1-3(2-11-5)6(8)9/h1-2,6H. The lowest BCUT2D eigenvalue weighted by atomic mass is 10.3.